The van der Waals surface area contributed by atoms with Crippen molar-refractivity contribution in [2.24, 2.45) is 46.3 Å². The monoisotopic (exact) mass is 430 g/mol. The van der Waals surface area contributed by atoms with Gasteiger partial charge in [-0.15, -0.1) is 0 Å². The van der Waals surface area contributed by atoms with Crippen molar-refractivity contribution in [3.05, 3.63) is 11.6 Å². The third kappa shape index (κ3) is 2.96. The molecule has 170 valence electrons. The molecule has 0 spiro atoms. The zero-order valence-corrected chi connectivity index (χ0v) is 18.7. The van der Waals surface area contributed by atoms with E-state index < -0.39 is 17.9 Å². The molecule has 6 heteroatoms. The molecule has 1 aliphatic heterocycles. The van der Waals surface area contributed by atoms with Crippen molar-refractivity contribution in [2.75, 3.05) is 0 Å². The van der Waals surface area contributed by atoms with Gasteiger partial charge in [-0.3, -0.25) is 14.4 Å². The average Bonchev–Trinajstić information content (AvgIpc) is 3.41. The molecule has 0 bridgehead atoms. The second kappa shape index (κ2) is 6.90. The Hall–Kier alpha value is -1.69. The van der Waals surface area contributed by atoms with Crippen LogP contribution in [-0.2, 0) is 19.1 Å². The van der Waals surface area contributed by atoms with Crippen LogP contribution >= 0.6 is 0 Å². The topological polar surface area (TPSA) is 104 Å². The lowest BCUT2D eigenvalue weighted by Crippen LogP contribution is -2.53. The van der Waals surface area contributed by atoms with Crippen molar-refractivity contribution in [2.45, 2.75) is 77.9 Å². The van der Waals surface area contributed by atoms with Gasteiger partial charge in [-0.05, 0) is 90.6 Å². The van der Waals surface area contributed by atoms with Crippen LogP contribution in [0.15, 0.2) is 11.6 Å². The van der Waals surface area contributed by atoms with E-state index in [0.29, 0.717) is 30.1 Å². The fourth-order valence-corrected chi connectivity index (χ4v) is 8.63. The summed E-state index contributed by atoms with van der Waals surface area (Å²) in [6, 6.07) is 0. The molecule has 0 aromatic carbocycles. The number of hydrogen-bond donors (Lipinski definition) is 2. The lowest BCUT2D eigenvalue weighted by Gasteiger charge is -2.57. The van der Waals surface area contributed by atoms with Gasteiger partial charge in [0.2, 0.25) is 0 Å². The SMILES string of the molecule is C[C@H](CC(C(=O)O)C(=O)O)[C@H]1CC[C@H]2[C@@H]3[C@@H]4O[C@@H]4C4=CC(=O)CC[C@]4(C)[C@H]3CC[C@]12C. The van der Waals surface area contributed by atoms with E-state index in [1.807, 2.05) is 6.08 Å². The summed E-state index contributed by atoms with van der Waals surface area (Å²) in [6.45, 7) is 6.77. The van der Waals surface area contributed by atoms with E-state index in [0.717, 1.165) is 32.1 Å². The fraction of sp³-hybridized carbons (Fsp3) is 0.800. The molecule has 9 atom stereocenters. The summed E-state index contributed by atoms with van der Waals surface area (Å²) < 4.78 is 6.23. The number of aliphatic carboxylic acids is 2. The minimum Gasteiger partial charge on any atom is -0.481 e. The molecule has 1 saturated heterocycles. The zero-order chi connectivity index (χ0) is 22.3. The Bertz CT molecular complexity index is 848. The van der Waals surface area contributed by atoms with Crippen LogP contribution in [-0.4, -0.2) is 40.1 Å². The van der Waals surface area contributed by atoms with Gasteiger partial charge in [-0.1, -0.05) is 20.8 Å². The molecule has 0 amide bonds. The van der Waals surface area contributed by atoms with E-state index >= 15 is 0 Å². The number of carboxylic acids is 2. The van der Waals surface area contributed by atoms with Gasteiger partial charge >= 0.3 is 11.9 Å². The molecule has 4 aliphatic carbocycles. The first kappa shape index (κ1) is 21.2. The smallest absolute Gasteiger partial charge is 0.317 e. The van der Waals surface area contributed by atoms with Crippen LogP contribution < -0.4 is 0 Å². The summed E-state index contributed by atoms with van der Waals surface area (Å²) in [5.74, 6) is -1.60. The van der Waals surface area contributed by atoms with Crippen LogP contribution in [0.2, 0.25) is 0 Å². The highest BCUT2D eigenvalue weighted by atomic mass is 16.6. The van der Waals surface area contributed by atoms with Gasteiger partial charge in [0.05, 0.1) is 6.10 Å². The number of ketones is 1. The van der Waals surface area contributed by atoms with Crippen LogP contribution in [0.25, 0.3) is 0 Å². The Morgan fingerprint density at radius 3 is 2.52 bits per heavy atom. The van der Waals surface area contributed by atoms with Gasteiger partial charge < -0.3 is 14.9 Å². The fourth-order valence-electron chi connectivity index (χ4n) is 8.63. The molecule has 31 heavy (non-hydrogen) atoms. The first-order valence-electron chi connectivity index (χ1n) is 11.9. The van der Waals surface area contributed by atoms with Crippen molar-refractivity contribution in [3.63, 3.8) is 0 Å². The molecule has 2 N–H and O–H groups in total. The second-order valence-corrected chi connectivity index (χ2v) is 11.5. The average molecular weight is 431 g/mol. The van der Waals surface area contributed by atoms with Gasteiger partial charge in [0.15, 0.2) is 11.7 Å². The largest absolute Gasteiger partial charge is 0.481 e. The normalized spacial score (nSPS) is 46.3. The molecule has 4 fully saturated rings. The van der Waals surface area contributed by atoms with Crippen molar-refractivity contribution < 1.29 is 29.3 Å². The first-order valence-corrected chi connectivity index (χ1v) is 11.9. The van der Waals surface area contributed by atoms with E-state index in [1.165, 1.54) is 5.57 Å². The number of ether oxygens (including phenoxy) is 1. The van der Waals surface area contributed by atoms with E-state index in [1.54, 1.807) is 0 Å². The van der Waals surface area contributed by atoms with Gasteiger partial charge in [0.25, 0.3) is 0 Å². The number of carboxylic acid groups (broad SMARTS) is 2. The summed E-state index contributed by atoms with van der Waals surface area (Å²) in [6.07, 6.45) is 8.31. The number of carbonyl (C=O) groups is 3. The Morgan fingerprint density at radius 1 is 1.13 bits per heavy atom. The Balaban J connectivity index is 1.40. The Kier molecular flexibility index (Phi) is 4.71. The lowest BCUT2D eigenvalue weighted by molar-refractivity contribution is -0.155. The molecule has 1 heterocycles. The zero-order valence-electron chi connectivity index (χ0n) is 18.7. The maximum Gasteiger partial charge on any atom is 0.317 e. The highest BCUT2D eigenvalue weighted by Crippen LogP contribution is 2.70. The van der Waals surface area contributed by atoms with Crippen LogP contribution in [0.5, 0.6) is 0 Å². The highest BCUT2D eigenvalue weighted by Gasteiger charge is 2.69. The molecule has 3 saturated carbocycles. The third-order valence-corrected chi connectivity index (χ3v) is 10.2. The van der Waals surface area contributed by atoms with Crippen LogP contribution in [0.4, 0.5) is 0 Å². The van der Waals surface area contributed by atoms with E-state index in [2.05, 4.69) is 20.8 Å². The maximum absolute atomic E-state index is 12.1. The van der Waals surface area contributed by atoms with Gasteiger partial charge in [-0.25, -0.2) is 0 Å². The summed E-state index contributed by atoms with van der Waals surface area (Å²) >= 11 is 0. The molecule has 0 radical (unpaired) electrons. The van der Waals surface area contributed by atoms with Crippen LogP contribution in [0, 0.1) is 46.3 Å². The molecule has 0 aromatic heterocycles. The molecule has 6 nitrogen and oxygen atoms in total. The Labute approximate surface area is 183 Å². The minimum absolute atomic E-state index is 0.0546. The van der Waals surface area contributed by atoms with Crippen LogP contribution in [0.3, 0.4) is 0 Å². The predicted octanol–water partition coefficient (Wildman–Crippen LogP) is 3.93. The minimum atomic E-state index is -1.33. The summed E-state index contributed by atoms with van der Waals surface area (Å²) in [7, 11) is 0. The molecular weight excluding hydrogens is 396 g/mol. The van der Waals surface area contributed by atoms with Gasteiger partial charge in [-0.2, -0.15) is 0 Å². The standard InChI is InChI=1S/C25H34O6/c1-12(10-14(22(27)28)23(29)30)15-4-5-16-19-17(7-9-24(15,16)2)25(3)8-6-13(26)11-18(25)20-21(19)31-20/h11-12,14-17,19-21H,4-10H2,1-3H3,(H,27,28)(H,29,30)/t12-,15-,16+,17+,19+,20-,21+,24-,25-/m1/s1. The number of hydrogen-bond acceptors (Lipinski definition) is 4. The number of fused-ring (bicyclic) bond motifs is 8. The molecule has 0 aromatic rings. The van der Waals surface area contributed by atoms with Gasteiger partial charge in [0.1, 0.15) is 6.10 Å². The molecule has 5 aliphatic rings. The second-order valence-electron chi connectivity index (χ2n) is 11.5. The lowest BCUT2D eigenvalue weighted by atomic mass is 9.46. The summed E-state index contributed by atoms with van der Waals surface area (Å²) in [4.78, 5) is 35.0. The molecule has 0 unspecified atom stereocenters. The Morgan fingerprint density at radius 2 is 1.84 bits per heavy atom. The summed E-state index contributed by atoms with van der Waals surface area (Å²) in [5.41, 5.74) is 1.40. The number of rotatable bonds is 5. The molecule has 5 rings (SSSR count). The summed E-state index contributed by atoms with van der Waals surface area (Å²) in [5, 5.41) is 18.7. The van der Waals surface area contributed by atoms with Crippen molar-refractivity contribution in [3.8, 4) is 0 Å². The van der Waals surface area contributed by atoms with Crippen molar-refractivity contribution >= 4 is 17.7 Å². The first-order chi connectivity index (χ1) is 14.6. The third-order valence-electron chi connectivity index (χ3n) is 10.2. The van der Waals surface area contributed by atoms with Gasteiger partial charge in [0, 0.05) is 6.42 Å². The highest BCUT2D eigenvalue weighted by molar-refractivity contribution is 5.93. The van der Waals surface area contributed by atoms with Crippen LogP contribution in [0.1, 0.15) is 65.7 Å². The quantitative estimate of drug-likeness (QED) is 0.506. The maximum atomic E-state index is 12.1. The van der Waals surface area contributed by atoms with E-state index in [9.17, 15) is 24.6 Å². The molecular formula is C25H34O6. The van der Waals surface area contributed by atoms with Crippen molar-refractivity contribution in [1.29, 1.82) is 0 Å². The number of carbonyl (C=O) groups excluding carboxylic acids is 1. The van der Waals surface area contributed by atoms with E-state index in [-0.39, 0.29) is 41.2 Å². The van der Waals surface area contributed by atoms with E-state index in [4.69, 9.17) is 4.74 Å². The van der Waals surface area contributed by atoms with Crippen molar-refractivity contribution in [1.82, 2.24) is 0 Å². The predicted molar refractivity (Wildman–Crippen MR) is 112 cm³/mol. The number of epoxide rings is 1.